The van der Waals surface area contributed by atoms with Crippen molar-refractivity contribution in [1.29, 1.82) is 0 Å². The summed E-state index contributed by atoms with van der Waals surface area (Å²) in [5.41, 5.74) is 0. The number of amides is 2. The number of carbonyl (C=O) groups excluding carboxylic acids is 3. The van der Waals surface area contributed by atoms with Crippen LogP contribution in [-0.4, -0.2) is 53.1 Å². The van der Waals surface area contributed by atoms with Gasteiger partial charge in [-0.25, -0.2) is 0 Å². The molecule has 4 fully saturated rings. The fourth-order valence-corrected chi connectivity index (χ4v) is 6.04. The van der Waals surface area contributed by atoms with Gasteiger partial charge >= 0.3 is 0 Å². The first-order valence-corrected chi connectivity index (χ1v) is 11.2. The Labute approximate surface area is 162 Å². The molecule has 0 N–H and O–H groups in total. The maximum absolute atomic E-state index is 12.6. The lowest BCUT2D eigenvalue weighted by Gasteiger charge is -2.41. The zero-order valence-corrected chi connectivity index (χ0v) is 16.5. The lowest BCUT2D eigenvalue weighted by molar-refractivity contribution is -0.135. The number of piperidine rings is 1. The van der Waals surface area contributed by atoms with Crippen LogP contribution >= 0.6 is 0 Å². The summed E-state index contributed by atoms with van der Waals surface area (Å²) in [5.74, 6) is 2.76. The highest BCUT2D eigenvalue weighted by atomic mass is 16.2. The maximum Gasteiger partial charge on any atom is 0.222 e. The van der Waals surface area contributed by atoms with Gasteiger partial charge in [0.15, 0.2) is 0 Å². The molecule has 0 spiro atoms. The number of fused-ring (bicyclic) bond motifs is 2. The lowest BCUT2D eigenvalue weighted by atomic mass is 9.75. The molecule has 150 valence electrons. The fraction of sp³-hybridized carbons (Fsp3) is 0.864. The largest absolute Gasteiger partial charge is 0.342 e. The van der Waals surface area contributed by atoms with Gasteiger partial charge in [-0.15, -0.1) is 0 Å². The molecule has 2 heterocycles. The SMILES string of the molecule is O=C1CCC2CCN(C(=O)CCCC(=O)N3CCC4CCCCC4C3)C2C1. The van der Waals surface area contributed by atoms with Crippen LogP contribution in [0.1, 0.15) is 77.0 Å². The van der Waals surface area contributed by atoms with Crippen molar-refractivity contribution in [3.8, 4) is 0 Å². The number of nitrogens with zero attached hydrogens (tertiary/aromatic N) is 2. The summed E-state index contributed by atoms with van der Waals surface area (Å²) < 4.78 is 0. The smallest absolute Gasteiger partial charge is 0.222 e. The molecule has 2 amide bonds. The number of hydrogen-bond donors (Lipinski definition) is 0. The second-order valence-corrected chi connectivity index (χ2v) is 9.27. The van der Waals surface area contributed by atoms with E-state index in [9.17, 15) is 14.4 Å². The Morgan fingerprint density at radius 1 is 0.852 bits per heavy atom. The molecule has 4 aliphatic rings. The normalized spacial score (nSPS) is 33.6. The van der Waals surface area contributed by atoms with E-state index in [-0.39, 0.29) is 17.9 Å². The lowest BCUT2D eigenvalue weighted by Crippen LogP contribution is -2.44. The molecule has 2 saturated heterocycles. The van der Waals surface area contributed by atoms with Crippen molar-refractivity contribution >= 4 is 17.6 Å². The van der Waals surface area contributed by atoms with Crippen molar-refractivity contribution in [2.45, 2.75) is 83.1 Å². The number of rotatable bonds is 4. The molecule has 0 aromatic heterocycles. The zero-order chi connectivity index (χ0) is 18.8. The average molecular weight is 375 g/mol. The van der Waals surface area contributed by atoms with E-state index in [1.807, 2.05) is 4.90 Å². The van der Waals surface area contributed by atoms with Crippen LogP contribution in [0.4, 0.5) is 0 Å². The second kappa shape index (κ2) is 8.32. The third kappa shape index (κ3) is 4.22. The van der Waals surface area contributed by atoms with Gasteiger partial charge in [-0.1, -0.05) is 19.3 Å². The van der Waals surface area contributed by atoms with Crippen LogP contribution in [0.25, 0.3) is 0 Å². The molecule has 0 aromatic rings. The Kier molecular flexibility index (Phi) is 5.84. The molecule has 4 atom stereocenters. The Morgan fingerprint density at radius 2 is 1.59 bits per heavy atom. The predicted octanol–water partition coefficient (Wildman–Crippen LogP) is 3.17. The van der Waals surface area contributed by atoms with Gasteiger partial charge in [-0.3, -0.25) is 14.4 Å². The molecule has 4 rings (SSSR count). The van der Waals surface area contributed by atoms with Crippen LogP contribution < -0.4 is 0 Å². The molecule has 2 saturated carbocycles. The minimum absolute atomic E-state index is 0.139. The molecule has 27 heavy (non-hydrogen) atoms. The van der Waals surface area contributed by atoms with Gasteiger partial charge in [0.2, 0.25) is 11.8 Å². The third-order valence-electron chi connectivity index (χ3n) is 7.66. The van der Waals surface area contributed by atoms with E-state index in [2.05, 4.69) is 4.90 Å². The number of ketones is 1. The number of carbonyl (C=O) groups is 3. The van der Waals surface area contributed by atoms with E-state index < -0.39 is 0 Å². The van der Waals surface area contributed by atoms with Gasteiger partial charge in [0.1, 0.15) is 5.78 Å². The van der Waals surface area contributed by atoms with Crippen LogP contribution in [0.5, 0.6) is 0 Å². The number of likely N-dealkylation sites (tertiary alicyclic amines) is 2. The quantitative estimate of drug-likeness (QED) is 0.759. The topological polar surface area (TPSA) is 57.7 Å². The van der Waals surface area contributed by atoms with Crippen molar-refractivity contribution < 1.29 is 14.4 Å². The van der Waals surface area contributed by atoms with Crippen LogP contribution in [0.2, 0.25) is 0 Å². The second-order valence-electron chi connectivity index (χ2n) is 9.27. The van der Waals surface area contributed by atoms with Crippen molar-refractivity contribution in [3.05, 3.63) is 0 Å². The summed E-state index contributed by atoms with van der Waals surface area (Å²) in [5, 5.41) is 0. The Morgan fingerprint density at radius 3 is 2.44 bits per heavy atom. The molecule has 0 radical (unpaired) electrons. The molecule has 5 heteroatoms. The van der Waals surface area contributed by atoms with E-state index in [4.69, 9.17) is 0 Å². The minimum Gasteiger partial charge on any atom is -0.342 e. The number of hydrogen-bond acceptors (Lipinski definition) is 3. The first kappa shape index (κ1) is 18.9. The molecular weight excluding hydrogens is 340 g/mol. The summed E-state index contributed by atoms with van der Waals surface area (Å²) in [6.45, 7) is 2.64. The highest BCUT2D eigenvalue weighted by molar-refractivity contribution is 5.83. The molecule has 0 aromatic carbocycles. The highest BCUT2D eigenvalue weighted by Gasteiger charge is 2.40. The van der Waals surface area contributed by atoms with Crippen molar-refractivity contribution in [2.75, 3.05) is 19.6 Å². The van der Waals surface area contributed by atoms with E-state index in [0.29, 0.717) is 49.7 Å². The zero-order valence-electron chi connectivity index (χ0n) is 16.5. The summed E-state index contributed by atoms with van der Waals surface area (Å²) >= 11 is 0. The number of Topliss-reactive ketones (excluding diaryl/α,β-unsaturated/α-hetero) is 1. The average Bonchev–Trinajstić information content (AvgIpc) is 3.10. The molecule has 5 nitrogen and oxygen atoms in total. The van der Waals surface area contributed by atoms with E-state index in [1.54, 1.807) is 0 Å². The van der Waals surface area contributed by atoms with Crippen LogP contribution in [0.15, 0.2) is 0 Å². The van der Waals surface area contributed by atoms with Gasteiger partial charge < -0.3 is 9.80 Å². The van der Waals surface area contributed by atoms with Crippen molar-refractivity contribution in [1.82, 2.24) is 9.80 Å². The molecule has 0 bridgehead atoms. The Hall–Kier alpha value is -1.39. The molecular formula is C22H34N2O3. The Balaban J connectivity index is 1.21. The maximum atomic E-state index is 12.6. The van der Waals surface area contributed by atoms with Gasteiger partial charge in [-0.2, -0.15) is 0 Å². The third-order valence-corrected chi connectivity index (χ3v) is 7.66. The van der Waals surface area contributed by atoms with E-state index in [1.165, 1.54) is 32.1 Å². The van der Waals surface area contributed by atoms with Gasteiger partial charge in [0.05, 0.1) is 0 Å². The molecule has 2 aliphatic heterocycles. The highest BCUT2D eigenvalue weighted by Crippen LogP contribution is 2.37. The minimum atomic E-state index is 0.139. The fourth-order valence-electron chi connectivity index (χ4n) is 6.04. The van der Waals surface area contributed by atoms with Crippen LogP contribution in [0, 0.1) is 17.8 Å². The summed E-state index contributed by atoms with van der Waals surface area (Å²) in [6.07, 6.45) is 11.3. The summed E-state index contributed by atoms with van der Waals surface area (Å²) in [4.78, 5) is 41.0. The first-order chi connectivity index (χ1) is 13.1. The molecule has 2 aliphatic carbocycles. The first-order valence-electron chi connectivity index (χ1n) is 11.2. The van der Waals surface area contributed by atoms with Gasteiger partial charge in [0.25, 0.3) is 0 Å². The van der Waals surface area contributed by atoms with Crippen LogP contribution in [0.3, 0.4) is 0 Å². The van der Waals surface area contributed by atoms with Crippen LogP contribution in [-0.2, 0) is 14.4 Å². The van der Waals surface area contributed by atoms with Crippen molar-refractivity contribution in [3.63, 3.8) is 0 Å². The van der Waals surface area contributed by atoms with Gasteiger partial charge in [0, 0.05) is 51.4 Å². The Bertz CT molecular complexity index is 590. The van der Waals surface area contributed by atoms with Crippen molar-refractivity contribution in [2.24, 2.45) is 17.8 Å². The van der Waals surface area contributed by atoms with E-state index >= 15 is 0 Å². The predicted molar refractivity (Wildman–Crippen MR) is 103 cm³/mol. The monoisotopic (exact) mass is 374 g/mol. The van der Waals surface area contributed by atoms with E-state index in [0.717, 1.165) is 38.4 Å². The molecule has 4 unspecified atom stereocenters. The standard InChI is InChI=1S/C22H34N2O3/c25-19-9-8-17-11-13-24(20(17)14-19)22(27)7-3-6-21(26)23-12-10-16-4-1-2-5-18(16)15-23/h16-18,20H,1-15H2. The summed E-state index contributed by atoms with van der Waals surface area (Å²) in [7, 11) is 0. The van der Waals surface area contributed by atoms with Gasteiger partial charge in [-0.05, 0) is 49.9 Å². The summed E-state index contributed by atoms with van der Waals surface area (Å²) in [6, 6.07) is 0.139.